The molecule has 0 spiro atoms. The number of fused-ring (bicyclic) bond motifs is 1. The zero-order valence-electron chi connectivity index (χ0n) is 13.6. The van der Waals surface area contributed by atoms with Crippen molar-refractivity contribution in [2.24, 2.45) is 0 Å². The average Bonchev–Trinajstić information content (AvgIpc) is 3.30. The number of benzene rings is 1. The second kappa shape index (κ2) is 6.65. The molecule has 0 saturated carbocycles. The van der Waals surface area contributed by atoms with Crippen molar-refractivity contribution in [2.45, 2.75) is 13.1 Å². The largest absolute Gasteiger partial charge is 0.467 e. The van der Waals surface area contributed by atoms with Gasteiger partial charge in [0.25, 0.3) is 5.91 Å². The Hall–Kier alpha value is -3.34. The van der Waals surface area contributed by atoms with Gasteiger partial charge in [0.15, 0.2) is 0 Å². The molecule has 1 aromatic carbocycles. The number of carbonyl (C=O) groups is 1. The fraction of sp³-hybridized carbons (Fsp3) is 0.100. The van der Waals surface area contributed by atoms with Crippen molar-refractivity contribution >= 4 is 11.6 Å². The Morgan fingerprint density at radius 3 is 2.60 bits per heavy atom. The summed E-state index contributed by atoms with van der Waals surface area (Å²) in [7, 11) is 0. The van der Waals surface area contributed by atoms with E-state index in [-0.39, 0.29) is 5.91 Å². The Morgan fingerprint density at radius 1 is 1.00 bits per heavy atom. The van der Waals surface area contributed by atoms with Gasteiger partial charge in [0.2, 0.25) is 0 Å². The average molecular weight is 331 g/mol. The molecule has 5 nitrogen and oxygen atoms in total. The molecule has 0 fully saturated rings. The molecule has 4 rings (SSSR count). The molecule has 0 aliphatic carbocycles. The van der Waals surface area contributed by atoms with Gasteiger partial charge in [-0.2, -0.15) is 0 Å². The van der Waals surface area contributed by atoms with Crippen LogP contribution in [0.1, 0.15) is 21.8 Å². The van der Waals surface area contributed by atoms with E-state index in [0.717, 1.165) is 17.0 Å². The number of furan rings is 1. The number of aromatic nitrogens is 2. The fourth-order valence-electron chi connectivity index (χ4n) is 2.79. The molecule has 3 heterocycles. The number of carbonyl (C=O) groups excluding carboxylic acids is 1. The molecule has 0 bridgehead atoms. The van der Waals surface area contributed by atoms with Crippen molar-refractivity contribution in [3.63, 3.8) is 0 Å². The van der Waals surface area contributed by atoms with Crippen LogP contribution in [-0.4, -0.2) is 20.2 Å². The standard InChI is InChI=1S/C20H17N3O2/c24-20(18-15-22-11-5-4-10-19(22)21-18)23(14-17-9-6-12-25-17)13-16-7-2-1-3-8-16/h1-12,15H,13-14H2. The maximum absolute atomic E-state index is 13.1. The van der Waals surface area contributed by atoms with E-state index in [9.17, 15) is 4.79 Å². The first-order chi connectivity index (χ1) is 12.3. The minimum atomic E-state index is -0.121. The number of hydrogen-bond acceptors (Lipinski definition) is 3. The van der Waals surface area contributed by atoms with Crippen LogP contribution in [0.4, 0.5) is 0 Å². The number of pyridine rings is 1. The van der Waals surface area contributed by atoms with Gasteiger partial charge in [-0.15, -0.1) is 0 Å². The van der Waals surface area contributed by atoms with E-state index < -0.39 is 0 Å². The van der Waals surface area contributed by atoms with Gasteiger partial charge in [-0.05, 0) is 29.8 Å². The fourth-order valence-corrected chi connectivity index (χ4v) is 2.79. The number of rotatable bonds is 5. The molecule has 0 atom stereocenters. The summed E-state index contributed by atoms with van der Waals surface area (Å²) in [6.07, 6.45) is 5.26. The Kier molecular flexibility index (Phi) is 4.04. The summed E-state index contributed by atoms with van der Waals surface area (Å²) in [6, 6.07) is 19.3. The van der Waals surface area contributed by atoms with Crippen molar-refractivity contribution in [3.8, 4) is 0 Å². The topological polar surface area (TPSA) is 50.8 Å². The van der Waals surface area contributed by atoms with E-state index in [2.05, 4.69) is 4.98 Å². The maximum atomic E-state index is 13.1. The van der Waals surface area contributed by atoms with Crippen LogP contribution in [0.2, 0.25) is 0 Å². The Morgan fingerprint density at radius 2 is 1.84 bits per heavy atom. The van der Waals surface area contributed by atoms with Gasteiger partial charge in [0, 0.05) is 18.9 Å². The van der Waals surface area contributed by atoms with E-state index in [4.69, 9.17) is 4.42 Å². The SMILES string of the molecule is O=C(c1cn2ccccc2n1)N(Cc1ccccc1)Cc1ccco1. The smallest absolute Gasteiger partial charge is 0.274 e. The quantitative estimate of drug-likeness (QED) is 0.559. The predicted molar refractivity (Wildman–Crippen MR) is 93.9 cm³/mol. The van der Waals surface area contributed by atoms with Gasteiger partial charge in [-0.1, -0.05) is 36.4 Å². The molecular formula is C20H17N3O2. The van der Waals surface area contributed by atoms with E-state index in [0.29, 0.717) is 18.8 Å². The lowest BCUT2D eigenvalue weighted by atomic mass is 10.2. The molecule has 25 heavy (non-hydrogen) atoms. The highest BCUT2D eigenvalue weighted by atomic mass is 16.3. The predicted octanol–water partition coefficient (Wildman–Crippen LogP) is 3.77. The van der Waals surface area contributed by atoms with Crippen LogP contribution in [-0.2, 0) is 13.1 Å². The molecule has 5 heteroatoms. The normalized spacial score (nSPS) is 10.9. The number of nitrogens with zero attached hydrogens (tertiary/aromatic N) is 3. The van der Waals surface area contributed by atoms with E-state index in [1.807, 2.05) is 71.3 Å². The van der Waals surface area contributed by atoms with Gasteiger partial charge in [0.05, 0.1) is 12.8 Å². The highest BCUT2D eigenvalue weighted by Crippen LogP contribution is 2.15. The van der Waals surface area contributed by atoms with Gasteiger partial charge < -0.3 is 13.7 Å². The summed E-state index contributed by atoms with van der Waals surface area (Å²) in [5.74, 6) is 0.622. The van der Waals surface area contributed by atoms with E-state index >= 15 is 0 Å². The Balaban J connectivity index is 1.64. The second-order valence-electron chi connectivity index (χ2n) is 5.82. The monoisotopic (exact) mass is 331 g/mol. The van der Waals surface area contributed by atoms with Gasteiger partial charge in [-0.25, -0.2) is 4.98 Å². The summed E-state index contributed by atoms with van der Waals surface area (Å²) in [4.78, 5) is 19.2. The van der Waals surface area contributed by atoms with Crippen molar-refractivity contribution in [2.75, 3.05) is 0 Å². The first-order valence-electron chi connectivity index (χ1n) is 8.09. The Labute approximate surface area is 145 Å². The molecule has 0 saturated heterocycles. The lowest BCUT2D eigenvalue weighted by Gasteiger charge is -2.20. The maximum Gasteiger partial charge on any atom is 0.274 e. The van der Waals surface area contributed by atoms with Crippen LogP contribution in [0.25, 0.3) is 5.65 Å². The summed E-state index contributed by atoms with van der Waals surface area (Å²) >= 11 is 0. The molecule has 4 aromatic rings. The number of imidazole rings is 1. The molecule has 0 aliphatic heterocycles. The third-order valence-electron chi connectivity index (χ3n) is 4.01. The lowest BCUT2D eigenvalue weighted by molar-refractivity contribution is 0.0712. The lowest BCUT2D eigenvalue weighted by Crippen LogP contribution is -2.30. The molecule has 3 aromatic heterocycles. The minimum absolute atomic E-state index is 0.121. The molecule has 124 valence electrons. The second-order valence-corrected chi connectivity index (χ2v) is 5.82. The molecule has 0 radical (unpaired) electrons. The first kappa shape index (κ1) is 15.2. The molecular weight excluding hydrogens is 314 g/mol. The van der Waals surface area contributed by atoms with Crippen LogP contribution in [0, 0.1) is 0 Å². The molecule has 0 aliphatic rings. The zero-order chi connectivity index (χ0) is 17.1. The van der Waals surface area contributed by atoms with Gasteiger partial charge in [-0.3, -0.25) is 4.79 Å². The summed E-state index contributed by atoms with van der Waals surface area (Å²) in [5, 5.41) is 0. The number of hydrogen-bond donors (Lipinski definition) is 0. The van der Waals surface area contributed by atoms with Crippen LogP contribution >= 0.6 is 0 Å². The van der Waals surface area contributed by atoms with E-state index in [1.165, 1.54) is 0 Å². The van der Waals surface area contributed by atoms with Crippen LogP contribution < -0.4 is 0 Å². The van der Waals surface area contributed by atoms with Crippen molar-refractivity contribution in [1.29, 1.82) is 0 Å². The third kappa shape index (κ3) is 3.30. The van der Waals surface area contributed by atoms with Crippen molar-refractivity contribution in [1.82, 2.24) is 14.3 Å². The first-order valence-corrected chi connectivity index (χ1v) is 8.09. The van der Waals surface area contributed by atoms with E-state index in [1.54, 1.807) is 17.4 Å². The van der Waals surface area contributed by atoms with Crippen molar-refractivity contribution in [3.05, 3.63) is 96.3 Å². The third-order valence-corrected chi connectivity index (χ3v) is 4.01. The van der Waals surface area contributed by atoms with Crippen molar-refractivity contribution < 1.29 is 9.21 Å². The Bertz CT molecular complexity index is 942. The van der Waals surface area contributed by atoms with Crippen LogP contribution in [0.5, 0.6) is 0 Å². The summed E-state index contributed by atoms with van der Waals surface area (Å²) in [5.41, 5.74) is 2.24. The molecule has 0 unspecified atom stereocenters. The number of amides is 1. The van der Waals surface area contributed by atoms with Crippen LogP contribution in [0.15, 0.2) is 83.7 Å². The minimum Gasteiger partial charge on any atom is -0.467 e. The zero-order valence-corrected chi connectivity index (χ0v) is 13.6. The highest BCUT2D eigenvalue weighted by Gasteiger charge is 2.20. The highest BCUT2D eigenvalue weighted by molar-refractivity contribution is 5.92. The summed E-state index contributed by atoms with van der Waals surface area (Å²) < 4.78 is 7.28. The molecule has 1 amide bonds. The molecule has 0 N–H and O–H groups in total. The van der Waals surface area contributed by atoms with Gasteiger partial charge >= 0.3 is 0 Å². The van der Waals surface area contributed by atoms with Gasteiger partial charge in [0.1, 0.15) is 17.1 Å². The van der Waals surface area contributed by atoms with Crippen LogP contribution in [0.3, 0.4) is 0 Å². The summed E-state index contributed by atoms with van der Waals surface area (Å²) in [6.45, 7) is 0.892.